The fourth-order valence-corrected chi connectivity index (χ4v) is 1.70. The third-order valence-corrected chi connectivity index (χ3v) is 2.93. The van der Waals surface area contributed by atoms with E-state index < -0.39 is 0 Å². The quantitative estimate of drug-likeness (QED) is 0.551. The molecule has 0 bridgehead atoms. The first-order valence-electron chi connectivity index (χ1n) is 7.68. The van der Waals surface area contributed by atoms with E-state index >= 15 is 0 Å². The van der Waals surface area contributed by atoms with Crippen molar-refractivity contribution in [3.05, 3.63) is 11.9 Å². The Balaban J connectivity index is 2.07. The van der Waals surface area contributed by atoms with E-state index in [4.69, 9.17) is 9.47 Å². The Kier molecular flexibility index (Phi) is 8.85. The van der Waals surface area contributed by atoms with Crippen LogP contribution in [0.3, 0.4) is 0 Å². The fourth-order valence-electron chi connectivity index (χ4n) is 1.70. The number of aryl methyl sites for hydroxylation is 1. The minimum absolute atomic E-state index is 0.259. The van der Waals surface area contributed by atoms with Crippen molar-refractivity contribution in [2.75, 3.05) is 26.4 Å². The van der Waals surface area contributed by atoms with E-state index in [2.05, 4.69) is 24.2 Å². The van der Waals surface area contributed by atoms with Gasteiger partial charge in [-0.2, -0.15) is 0 Å². The minimum atomic E-state index is 0.259. The number of hydrogen-bond acceptors (Lipinski definition) is 5. The highest BCUT2D eigenvalue weighted by molar-refractivity contribution is 5.78. The molecule has 6 heteroatoms. The molecule has 1 aromatic rings. The van der Waals surface area contributed by atoms with Gasteiger partial charge in [0.25, 0.3) is 0 Å². The molecule has 0 saturated heterocycles. The van der Waals surface area contributed by atoms with Crippen molar-refractivity contribution < 1.29 is 14.3 Å². The maximum atomic E-state index is 11.2. The Morgan fingerprint density at radius 1 is 1.29 bits per heavy atom. The van der Waals surface area contributed by atoms with E-state index in [-0.39, 0.29) is 5.78 Å². The van der Waals surface area contributed by atoms with Crippen molar-refractivity contribution in [1.29, 1.82) is 0 Å². The van der Waals surface area contributed by atoms with Gasteiger partial charge in [-0.25, -0.2) is 4.68 Å². The van der Waals surface area contributed by atoms with Crippen molar-refractivity contribution in [1.82, 2.24) is 15.0 Å². The van der Waals surface area contributed by atoms with Crippen LogP contribution in [0.5, 0.6) is 0 Å². The molecule has 0 aromatic carbocycles. The summed E-state index contributed by atoms with van der Waals surface area (Å²) in [5.41, 5.74) is 0.858. The molecule has 120 valence electrons. The molecule has 0 aliphatic carbocycles. The summed E-state index contributed by atoms with van der Waals surface area (Å²) in [5.74, 6) is 0.812. The molecule has 0 aliphatic heterocycles. The zero-order chi connectivity index (χ0) is 15.5. The first-order valence-corrected chi connectivity index (χ1v) is 7.68. The van der Waals surface area contributed by atoms with Gasteiger partial charge in [0.15, 0.2) is 0 Å². The average Bonchev–Trinajstić information content (AvgIpc) is 2.91. The maximum absolute atomic E-state index is 11.2. The van der Waals surface area contributed by atoms with Gasteiger partial charge in [-0.3, -0.25) is 4.79 Å². The first kappa shape index (κ1) is 17.8. The number of carbonyl (C=O) groups excluding carboxylic acids is 1. The number of Topliss-reactive ketones (excluding diaryl/α,β-unsaturated/α-hetero) is 1. The topological polar surface area (TPSA) is 66.2 Å². The van der Waals surface area contributed by atoms with Gasteiger partial charge in [0.1, 0.15) is 5.78 Å². The summed E-state index contributed by atoms with van der Waals surface area (Å²) in [5, 5.41) is 8.07. The van der Waals surface area contributed by atoms with Crippen LogP contribution in [0.1, 0.15) is 39.3 Å². The second-order valence-corrected chi connectivity index (χ2v) is 5.45. The molecule has 1 rings (SSSR count). The molecule has 1 heterocycles. The monoisotopic (exact) mass is 297 g/mol. The average molecular weight is 297 g/mol. The van der Waals surface area contributed by atoms with Crippen molar-refractivity contribution in [2.24, 2.45) is 5.92 Å². The lowest BCUT2D eigenvalue weighted by atomic mass is 10.1. The number of rotatable bonds is 12. The standard InChI is InChI=1S/C15H27N3O3/c1-4-15(19)6-5-14-11-18(17-16-14)7-8-20-9-10-21-12-13(2)3/h11,13H,4-10,12H2,1-3H3. The molecule has 0 atom stereocenters. The Labute approximate surface area is 126 Å². The number of nitrogens with zero attached hydrogens (tertiary/aromatic N) is 3. The molecule has 0 aliphatic rings. The summed E-state index contributed by atoms with van der Waals surface area (Å²) in [6.45, 7) is 9.36. The van der Waals surface area contributed by atoms with Crippen LogP contribution in [0, 0.1) is 5.92 Å². The van der Waals surface area contributed by atoms with Gasteiger partial charge in [-0.1, -0.05) is 26.0 Å². The smallest absolute Gasteiger partial charge is 0.133 e. The first-order chi connectivity index (χ1) is 10.1. The minimum Gasteiger partial charge on any atom is -0.379 e. The molecule has 1 aromatic heterocycles. The van der Waals surface area contributed by atoms with Gasteiger partial charge in [0.2, 0.25) is 0 Å². The summed E-state index contributed by atoms with van der Waals surface area (Å²) in [4.78, 5) is 11.2. The predicted octanol–water partition coefficient (Wildman–Crippen LogP) is 1.88. The van der Waals surface area contributed by atoms with E-state index in [1.807, 2.05) is 13.1 Å². The van der Waals surface area contributed by atoms with E-state index in [1.54, 1.807) is 4.68 Å². The molecular formula is C15H27N3O3. The molecule has 0 fully saturated rings. The Bertz CT molecular complexity index is 405. The number of aromatic nitrogens is 3. The predicted molar refractivity (Wildman–Crippen MR) is 80.1 cm³/mol. The van der Waals surface area contributed by atoms with Gasteiger partial charge in [0, 0.05) is 25.6 Å². The SMILES string of the molecule is CCC(=O)CCc1cn(CCOCCOCC(C)C)nn1. The molecule has 21 heavy (non-hydrogen) atoms. The van der Waals surface area contributed by atoms with Crippen molar-refractivity contribution >= 4 is 5.78 Å². The molecular weight excluding hydrogens is 270 g/mol. The highest BCUT2D eigenvalue weighted by atomic mass is 16.5. The highest BCUT2D eigenvalue weighted by Crippen LogP contribution is 2.00. The second kappa shape index (κ2) is 10.5. The summed E-state index contributed by atoms with van der Waals surface area (Å²) >= 11 is 0. The number of carbonyl (C=O) groups is 1. The lowest BCUT2D eigenvalue weighted by Crippen LogP contribution is -2.12. The Hall–Kier alpha value is -1.27. The molecule has 6 nitrogen and oxygen atoms in total. The molecule has 0 unspecified atom stereocenters. The third-order valence-electron chi connectivity index (χ3n) is 2.93. The van der Waals surface area contributed by atoms with Crippen molar-refractivity contribution in [3.63, 3.8) is 0 Å². The van der Waals surface area contributed by atoms with Crippen LogP contribution in [0.25, 0.3) is 0 Å². The summed E-state index contributed by atoms with van der Waals surface area (Å²) in [6, 6.07) is 0. The Morgan fingerprint density at radius 2 is 2.05 bits per heavy atom. The lowest BCUT2D eigenvalue weighted by Gasteiger charge is -2.07. The van der Waals surface area contributed by atoms with Crippen LogP contribution in [0.4, 0.5) is 0 Å². The van der Waals surface area contributed by atoms with Gasteiger partial charge in [-0.15, -0.1) is 5.10 Å². The number of hydrogen-bond donors (Lipinski definition) is 0. The normalized spacial score (nSPS) is 11.2. The van der Waals surface area contributed by atoms with Crippen LogP contribution < -0.4 is 0 Å². The third kappa shape index (κ3) is 8.57. The molecule has 0 N–H and O–H groups in total. The summed E-state index contributed by atoms with van der Waals surface area (Å²) in [7, 11) is 0. The highest BCUT2D eigenvalue weighted by Gasteiger charge is 2.04. The van der Waals surface area contributed by atoms with E-state index in [0.29, 0.717) is 51.5 Å². The maximum Gasteiger partial charge on any atom is 0.133 e. The summed E-state index contributed by atoms with van der Waals surface area (Å²) < 4.78 is 12.7. The Morgan fingerprint density at radius 3 is 2.76 bits per heavy atom. The van der Waals surface area contributed by atoms with Crippen LogP contribution >= 0.6 is 0 Å². The van der Waals surface area contributed by atoms with Gasteiger partial charge >= 0.3 is 0 Å². The zero-order valence-corrected chi connectivity index (χ0v) is 13.4. The van der Waals surface area contributed by atoms with E-state index in [9.17, 15) is 4.79 Å². The largest absolute Gasteiger partial charge is 0.379 e. The molecule has 0 spiro atoms. The van der Waals surface area contributed by atoms with Crippen LogP contribution in [0.2, 0.25) is 0 Å². The second-order valence-electron chi connectivity index (χ2n) is 5.45. The summed E-state index contributed by atoms with van der Waals surface area (Å²) in [6.07, 6.45) is 3.66. The van der Waals surface area contributed by atoms with Crippen LogP contribution in [-0.2, 0) is 27.2 Å². The fraction of sp³-hybridized carbons (Fsp3) is 0.800. The van der Waals surface area contributed by atoms with Gasteiger partial charge in [-0.05, 0) is 12.3 Å². The zero-order valence-electron chi connectivity index (χ0n) is 13.4. The molecule has 0 amide bonds. The number of ether oxygens (including phenoxy) is 2. The molecule has 0 radical (unpaired) electrons. The molecule has 0 saturated carbocycles. The van der Waals surface area contributed by atoms with E-state index in [0.717, 1.165) is 12.3 Å². The van der Waals surface area contributed by atoms with Gasteiger partial charge < -0.3 is 9.47 Å². The van der Waals surface area contributed by atoms with E-state index in [1.165, 1.54) is 0 Å². The number of ketones is 1. The van der Waals surface area contributed by atoms with Crippen LogP contribution in [0.15, 0.2) is 6.20 Å². The lowest BCUT2D eigenvalue weighted by molar-refractivity contribution is -0.118. The van der Waals surface area contributed by atoms with Crippen molar-refractivity contribution in [3.8, 4) is 0 Å². The van der Waals surface area contributed by atoms with Crippen LogP contribution in [-0.4, -0.2) is 47.2 Å². The van der Waals surface area contributed by atoms with Crippen molar-refractivity contribution in [2.45, 2.75) is 46.6 Å². The van der Waals surface area contributed by atoms with Gasteiger partial charge in [0.05, 0.1) is 32.1 Å².